The molecular formula is C4H9ClO3Sn. The van der Waals surface area contributed by atoms with Crippen LogP contribution in [0.4, 0.5) is 0 Å². The number of rotatable bonds is 2. The van der Waals surface area contributed by atoms with Crippen LogP contribution >= 0.6 is 11.6 Å². The monoisotopic (exact) mass is 260 g/mol. The summed E-state index contributed by atoms with van der Waals surface area (Å²) in [7, 11) is 0. The molecule has 9 heavy (non-hydrogen) atoms. The summed E-state index contributed by atoms with van der Waals surface area (Å²) in [6, 6.07) is 0. The molecular weight excluding hydrogens is 250 g/mol. The van der Waals surface area contributed by atoms with E-state index < -0.39 is 0 Å². The molecule has 0 spiro atoms. The Labute approximate surface area is 76.3 Å². The summed E-state index contributed by atoms with van der Waals surface area (Å²) in [5.41, 5.74) is 0. The van der Waals surface area contributed by atoms with Crippen LogP contribution in [0, 0.1) is 0 Å². The van der Waals surface area contributed by atoms with Crippen LogP contribution in [-0.2, 0) is 4.79 Å². The molecule has 3 nitrogen and oxygen atoms in total. The molecule has 0 unspecified atom stereocenters. The molecule has 0 aromatic carbocycles. The summed E-state index contributed by atoms with van der Waals surface area (Å²) < 4.78 is 0. The van der Waals surface area contributed by atoms with E-state index in [9.17, 15) is 4.79 Å². The molecule has 5 heteroatoms. The molecule has 0 saturated heterocycles. The van der Waals surface area contributed by atoms with Crippen molar-refractivity contribution in [1.29, 1.82) is 0 Å². The largest absolute Gasteiger partial charge is 2.00 e. The van der Waals surface area contributed by atoms with Crippen LogP contribution in [0.25, 0.3) is 0 Å². The minimum absolute atomic E-state index is 0. The Morgan fingerprint density at radius 1 is 1.44 bits per heavy atom. The third-order valence-electron chi connectivity index (χ3n) is 0.447. The van der Waals surface area contributed by atoms with Crippen LogP contribution in [0.15, 0.2) is 0 Å². The molecule has 0 fully saturated rings. The molecule has 2 radical (unpaired) electrons. The zero-order chi connectivity index (χ0) is 4.99. The van der Waals surface area contributed by atoms with Crippen LogP contribution in [-0.4, -0.2) is 40.1 Å². The van der Waals surface area contributed by atoms with Crippen LogP contribution in [0.5, 0.6) is 0 Å². The van der Waals surface area contributed by atoms with Gasteiger partial charge in [0.25, 0.3) is 0 Å². The maximum atomic E-state index is 9.81. The number of hydrogen-bond donors (Lipinski definition) is 0. The molecule has 0 aliphatic carbocycles. The average molecular weight is 259 g/mol. The SMILES string of the molecule is CCCC(=O)Cl.[OH-].[OH-].[Sn+2]. The van der Waals surface area contributed by atoms with Gasteiger partial charge in [-0.2, -0.15) is 0 Å². The predicted octanol–water partition coefficient (Wildman–Crippen LogP) is 0.818. The van der Waals surface area contributed by atoms with Crippen LogP contribution in [0.2, 0.25) is 0 Å². The van der Waals surface area contributed by atoms with Gasteiger partial charge in [0, 0.05) is 6.42 Å². The van der Waals surface area contributed by atoms with Crippen molar-refractivity contribution in [2.75, 3.05) is 0 Å². The van der Waals surface area contributed by atoms with Gasteiger partial charge < -0.3 is 11.0 Å². The topological polar surface area (TPSA) is 77.1 Å². The maximum Gasteiger partial charge on any atom is 2.00 e. The normalized spacial score (nSPS) is 5.56. The Kier molecular flexibility index (Phi) is 39.9. The fourth-order valence-electron chi connectivity index (χ4n) is 0.197. The summed E-state index contributed by atoms with van der Waals surface area (Å²) in [6.45, 7) is 1.92. The first-order valence-electron chi connectivity index (χ1n) is 1.95. The first-order chi connectivity index (χ1) is 2.77. The molecule has 0 aliphatic rings. The van der Waals surface area contributed by atoms with Gasteiger partial charge in [-0.05, 0) is 18.0 Å². The average Bonchev–Trinajstić information content (AvgIpc) is 1.35. The van der Waals surface area contributed by atoms with E-state index in [4.69, 9.17) is 11.6 Å². The van der Waals surface area contributed by atoms with Gasteiger partial charge in [-0.25, -0.2) is 0 Å². The van der Waals surface area contributed by atoms with Crippen molar-refractivity contribution < 1.29 is 15.7 Å². The van der Waals surface area contributed by atoms with E-state index in [1.165, 1.54) is 0 Å². The standard InChI is InChI=1S/C4H7ClO.2H2O.Sn/c1-2-3-4(5)6;;;/h2-3H2,1H3;2*1H2;/q;;;+2/p-2. The summed E-state index contributed by atoms with van der Waals surface area (Å²) in [6.07, 6.45) is 1.35. The summed E-state index contributed by atoms with van der Waals surface area (Å²) in [5, 5.41) is -0.238. The van der Waals surface area contributed by atoms with Gasteiger partial charge in [0.1, 0.15) is 0 Å². The Balaban J connectivity index is -0.0000000417. The van der Waals surface area contributed by atoms with Crippen molar-refractivity contribution in [3.63, 3.8) is 0 Å². The minimum Gasteiger partial charge on any atom is -0.870 e. The number of hydrogen-bond acceptors (Lipinski definition) is 3. The number of halogens is 1. The molecule has 0 bridgehead atoms. The van der Waals surface area contributed by atoms with Crippen LogP contribution in [0.3, 0.4) is 0 Å². The summed E-state index contributed by atoms with van der Waals surface area (Å²) in [4.78, 5) is 9.81. The van der Waals surface area contributed by atoms with Gasteiger partial charge in [-0.3, -0.25) is 4.79 Å². The van der Waals surface area contributed by atoms with E-state index in [1.54, 1.807) is 0 Å². The second-order valence-electron chi connectivity index (χ2n) is 1.11. The summed E-state index contributed by atoms with van der Waals surface area (Å²) >= 11 is 4.94. The van der Waals surface area contributed by atoms with Crippen molar-refractivity contribution >= 4 is 40.8 Å². The fraction of sp³-hybridized carbons (Fsp3) is 0.750. The van der Waals surface area contributed by atoms with E-state index in [0.29, 0.717) is 6.42 Å². The first-order valence-corrected chi connectivity index (χ1v) is 2.33. The zero-order valence-corrected chi connectivity index (χ0v) is 8.70. The van der Waals surface area contributed by atoms with Crippen molar-refractivity contribution in [2.45, 2.75) is 19.8 Å². The van der Waals surface area contributed by atoms with Gasteiger partial charge >= 0.3 is 23.9 Å². The van der Waals surface area contributed by atoms with Gasteiger partial charge in [-0.15, -0.1) is 0 Å². The molecule has 0 atom stereocenters. The van der Waals surface area contributed by atoms with E-state index >= 15 is 0 Å². The molecule has 0 heterocycles. The first kappa shape index (κ1) is 22.6. The molecule has 0 amide bonds. The number of carbonyl (C=O) groups is 1. The van der Waals surface area contributed by atoms with Gasteiger partial charge in [0.05, 0.1) is 0 Å². The molecule has 0 aromatic rings. The Bertz CT molecular complexity index is 59.8. The Morgan fingerprint density at radius 2 is 1.78 bits per heavy atom. The smallest absolute Gasteiger partial charge is 0.870 e. The van der Waals surface area contributed by atoms with Crippen LogP contribution in [0.1, 0.15) is 19.8 Å². The third-order valence-corrected chi connectivity index (χ3v) is 0.636. The van der Waals surface area contributed by atoms with Gasteiger partial charge in [0.2, 0.25) is 5.24 Å². The third kappa shape index (κ3) is 28.6. The molecule has 0 aliphatic heterocycles. The summed E-state index contributed by atoms with van der Waals surface area (Å²) in [5.74, 6) is 0. The molecule has 0 aromatic heterocycles. The number of carbonyl (C=O) groups excluding carboxylic acids is 1. The molecule has 2 N–H and O–H groups in total. The van der Waals surface area contributed by atoms with Crippen molar-refractivity contribution in [3.8, 4) is 0 Å². The van der Waals surface area contributed by atoms with E-state index in [0.717, 1.165) is 6.42 Å². The molecule has 0 rings (SSSR count). The second kappa shape index (κ2) is 15.9. The molecule has 54 valence electrons. The minimum atomic E-state index is -0.238. The quantitative estimate of drug-likeness (QED) is 0.544. The van der Waals surface area contributed by atoms with E-state index in [1.807, 2.05) is 6.92 Å². The Morgan fingerprint density at radius 3 is 1.78 bits per heavy atom. The Hall–Kier alpha value is 0.679. The van der Waals surface area contributed by atoms with E-state index in [2.05, 4.69) is 0 Å². The predicted molar refractivity (Wildman–Crippen MR) is 35.4 cm³/mol. The van der Waals surface area contributed by atoms with Crippen molar-refractivity contribution in [1.82, 2.24) is 0 Å². The van der Waals surface area contributed by atoms with Crippen molar-refractivity contribution in [2.24, 2.45) is 0 Å². The van der Waals surface area contributed by atoms with Crippen LogP contribution < -0.4 is 0 Å². The fourth-order valence-corrected chi connectivity index (χ4v) is 0.386. The van der Waals surface area contributed by atoms with Gasteiger partial charge in [0.15, 0.2) is 0 Å². The maximum absolute atomic E-state index is 9.81. The second-order valence-corrected chi connectivity index (χ2v) is 1.53. The van der Waals surface area contributed by atoms with E-state index in [-0.39, 0.29) is 40.1 Å². The zero-order valence-electron chi connectivity index (χ0n) is 5.09. The van der Waals surface area contributed by atoms with Gasteiger partial charge in [-0.1, -0.05) is 6.92 Å². The molecule has 0 saturated carbocycles. The van der Waals surface area contributed by atoms with Crippen molar-refractivity contribution in [3.05, 3.63) is 0 Å².